The van der Waals surface area contributed by atoms with Crippen LogP contribution in [-0.2, 0) is 9.53 Å². The number of non-ortho nitro benzene ring substituents is 1. The van der Waals surface area contributed by atoms with Gasteiger partial charge in [-0.1, -0.05) is 18.2 Å². The van der Waals surface area contributed by atoms with Crippen molar-refractivity contribution >= 4 is 17.6 Å². The Balaban J connectivity index is 2.23. The van der Waals surface area contributed by atoms with Crippen molar-refractivity contribution in [2.75, 3.05) is 13.2 Å². The van der Waals surface area contributed by atoms with Gasteiger partial charge in [-0.15, -0.1) is 0 Å². The highest BCUT2D eigenvalue weighted by Gasteiger charge is 2.21. The molecule has 0 unspecified atom stereocenters. The van der Waals surface area contributed by atoms with Crippen LogP contribution in [0, 0.1) is 10.1 Å². The molecule has 0 aliphatic rings. The fraction of sp³-hybridized carbons (Fsp3) is 0.300. The van der Waals surface area contributed by atoms with Gasteiger partial charge in [0, 0.05) is 17.7 Å². The SMILES string of the molecule is CCOC(=O)C[C@@H](NC(=O)c1cccc([N+](=O)[O-])c1)c1ccc(OCC)cc1. The van der Waals surface area contributed by atoms with Crippen LogP contribution in [0.25, 0.3) is 0 Å². The summed E-state index contributed by atoms with van der Waals surface area (Å²) in [5.41, 5.74) is 0.639. The number of carbonyl (C=O) groups excluding carboxylic acids is 2. The molecule has 8 heteroatoms. The minimum atomic E-state index is -0.651. The Bertz CT molecular complexity index is 835. The van der Waals surface area contributed by atoms with Crippen LogP contribution in [0.15, 0.2) is 48.5 Å². The topological polar surface area (TPSA) is 108 Å². The van der Waals surface area contributed by atoms with Crippen LogP contribution in [0.1, 0.15) is 42.2 Å². The van der Waals surface area contributed by atoms with E-state index in [1.807, 2.05) is 6.92 Å². The van der Waals surface area contributed by atoms with Gasteiger partial charge in [0.05, 0.1) is 30.6 Å². The number of nitrogens with one attached hydrogen (secondary N) is 1. The quantitative estimate of drug-likeness (QED) is 0.402. The molecule has 1 amide bonds. The molecule has 0 aliphatic heterocycles. The normalized spacial score (nSPS) is 11.4. The summed E-state index contributed by atoms with van der Waals surface area (Å²) >= 11 is 0. The van der Waals surface area contributed by atoms with E-state index in [-0.39, 0.29) is 24.3 Å². The number of amides is 1. The Labute approximate surface area is 162 Å². The number of nitro groups is 1. The molecule has 0 fully saturated rings. The largest absolute Gasteiger partial charge is 0.494 e. The number of ether oxygens (including phenoxy) is 2. The van der Waals surface area contributed by atoms with Gasteiger partial charge < -0.3 is 14.8 Å². The van der Waals surface area contributed by atoms with Crippen LogP contribution in [0.5, 0.6) is 5.75 Å². The van der Waals surface area contributed by atoms with Gasteiger partial charge >= 0.3 is 5.97 Å². The number of hydrogen-bond acceptors (Lipinski definition) is 6. The predicted molar refractivity (Wildman–Crippen MR) is 102 cm³/mol. The molecule has 28 heavy (non-hydrogen) atoms. The highest BCUT2D eigenvalue weighted by Crippen LogP contribution is 2.22. The summed E-state index contributed by atoms with van der Waals surface area (Å²) in [6, 6.07) is 11.8. The first kappa shape index (κ1) is 20.9. The van der Waals surface area contributed by atoms with E-state index in [1.54, 1.807) is 31.2 Å². The van der Waals surface area contributed by atoms with Crippen LogP contribution in [0.2, 0.25) is 0 Å². The van der Waals surface area contributed by atoms with Gasteiger partial charge in [-0.3, -0.25) is 19.7 Å². The van der Waals surface area contributed by atoms with E-state index in [0.717, 1.165) is 0 Å². The molecular formula is C20H22N2O6. The summed E-state index contributed by atoms with van der Waals surface area (Å²) in [6.45, 7) is 4.32. The third-order valence-corrected chi connectivity index (χ3v) is 3.89. The number of esters is 1. The number of nitro benzene ring substituents is 1. The van der Waals surface area contributed by atoms with Crippen LogP contribution in [-0.4, -0.2) is 30.0 Å². The molecule has 148 valence electrons. The second kappa shape index (κ2) is 10.1. The summed E-state index contributed by atoms with van der Waals surface area (Å²) in [5, 5.41) is 13.7. The van der Waals surface area contributed by atoms with Crippen molar-refractivity contribution in [1.29, 1.82) is 0 Å². The van der Waals surface area contributed by atoms with Gasteiger partial charge in [-0.25, -0.2) is 0 Å². The van der Waals surface area contributed by atoms with Crippen LogP contribution >= 0.6 is 0 Å². The van der Waals surface area contributed by atoms with E-state index >= 15 is 0 Å². The molecule has 0 bridgehead atoms. The molecule has 0 saturated carbocycles. The monoisotopic (exact) mass is 386 g/mol. The molecular weight excluding hydrogens is 364 g/mol. The van der Waals surface area contributed by atoms with Crippen LogP contribution in [0.4, 0.5) is 5.69 Å². The molecule has 0 saturated heterocycles. The standard InChI is InChI=1S/C20H22N2O6/c1-3-27-17-10-8-14(9-11-17)18(13-19(23)28-4-2)21-20(24)15-6-5-7-16(12-15)22(25)26/h5-12,18H,3-4,13H2,1-2H3,(H,21,24)/t18-/m1/s1. The maximum Gasteiger partial charge on any atom is 0.308 e. The van der Waals surface area contributed by atoms with Crippen molar-refractivity contribution in [3.05, 3.63) is 69.8 Å². The predicted octanol–water partition coefficient (Wildman–Crippen LogP) is 3.42. The summed E-state index contributed by atoms with van der Waals surface area (Å²) in [4.78, 5) is 34.9. The Kier molecular flexibility index (Phi) is 7.50. The molecule has 1 N–H and O–H groups in total. The third-order valence-electron chi connectivity index (χ3n) is 3.89. The zero-order valence-corrected chi connectivity index (χ0v) is 15.7. The Hall–Kier alpha value is -3.42. The molecule has 0 heterocycles. The molecule has 2 rings (SSSR count). The minimum Gasteiger partial charge on any atom is -0.494 e. The molecule has 2 aromatic rings. The van der Waals surface area contributed by atoms with Gasteiger partial charge in [-0.2, -0.15) is 0 Å². The molecule has 0 spiro atoms. The lowest BCUT2D eigenvalue weighted by Gasteiger charge is -2.19. The highest BCUT2D eigenvalue weighted by atomic mass is 16.6. The van der Waals surface area contributed by atoms with Crippen LogP contribution < -0.4 is 10.1 Å². The van der Waals surface area contributed by atoms with E-state index in [9.17, 15) is 19.7 Å². The molecule has 0 radical (unpaired) electrons. The molecule has 2 aromatic carbocycles. The zero-order chi connectivity index (χ0) is 20.5. The van der Waals surface area contributed by atoms with E-state index in [1.165, 1.54) is 24.3 Å². The summed E-state index contributed by atoms with van der Waals surface area (Å²) < 4.78 is 10.4. The molecule has 0 aliphatic carbocycles. The van der Waals surface area contributed by atoms with Crippen molar-refractivity contribution in [2.24, 2.45) is 0 Å². The van der Waals surface area contributed by atoms with Crippen molar-refractivity contribution in [2.45, 2.75) is 26.3 Å². The lowest BCUT2D eigenvalue weighted by atomic mass is 10.0. The first-order valence-electron chi connectivity index (χ1n) is 8.88. The average Bonchev–Trinajstić information content (AvgIpc) is 2.68. The molecule has 1 atom stereocenters. The number of benzene rings is 2. The Morgan fingerprint density at radius 1 is 1.11 bits per heavy atom. The number of rotatable bonds is 9. The number of hydrogen-bond donors (Lipinski definition) is 1. The summed E-state index contributed by atoms with van der Waals surface area (Å²) in [5.74, 6) is -0.307. The van der Waals surface area contributed by atoms with Gasteiger partial charge in [0.2, 0.25) is 0 Å². The van der Waals surface area contributed by atoms with Gasteiger partial charge in [-0.05, 0) is 37.6 Å². The molecule has 8 nitrogen and oxygen atoms in total. The highest BCUT2D eigenvalue weighted by molar-refractivity contribution is 5.95. The molecule has 0 aromatic heterocycles. The first-order chi connectivity index (χ1) is 13.4. The van der Waals surface area contributed by atoms with E-state index < -0.39 is 22.8 Å². The summed E-state index contributed by atoms with van der Waals surface area (Å²) in [7, 11) is 0. The Morgan fingerprint density at radius 2 is 1.82 bits per heavy atom. The fourth-order valence-electron chi connectivity index (χ4n) is 2.60. The number of carbonyl (C=O) groups is 2. The first-order valence-corrected chi connectivity index (χ1v) is 8.88. The maximum absolute atomic E-state index is 12.6. The summed E-state index contributed by atoms with van der Waals surface area (Å²) in [6.07, 6.45) is -0.0670. The second-order valence-corrected chi connectivity index (χ2v) is 5.84. The van der Waals surface area contributed by atoms with Gasteiger partial charge in [0.1, 0.15) is 5.75 Å². The van der Waals surface area contributed by atoms with Crippen LogP contribution in [0.3, 0.4) is 0 Å². The van der Waals surface area contributed by atoms with Crippen molar-refractivity contribution in [1.82, 2.24) is 5.32 Å². The Morgan fingerprint density at radius 3 is 2.43 bits per heavy atom. The van der Waals surface area contributed by atoms with Gasteiger partial charge in [0.25, 0.3) is 11.6 Å². The van der Waals surface area contributed by atoms with Crippen molar-refractivity contribution in [3.63, 3.8) is 0 Å². The minimum absolute atomic E-state index is 0.0670. The van der Waals surface area contributed by atoms with Crippen molar-refractivity contribution < 1.29 is 24.0 Å². The van der Waals surface area contributed by atoms with Crippen molar-refractivity contribution in [3.8, 4) is 5.75 Å². The van der Waals surface area contributed by atoms with E-state index in [2.05, 4.69) is 5.32 Å². The maximum atomic E-state index is 12.6. The number of nitrogens with zero attached hydrogens (tertiary/aromatic N) is 1. The van der Waals surface area contributed by atoms with Gasteiger partial charge in [0.15, 0.2) is 0 Å². The lowest BCUT2D eigenvalue weighted by Crippen LogP contribution is -2.30. The fourth-order valence-corrected chi connectivity index (χ4v) is 2.60. The lowest BCUT2D eigenvalue weighted by molar-refractivity contribution is -0.384. The van der Waals surface area contributed by atoms with E-state index in [4.69, 9.17) is 9.47 Å². The smallest absolute Gasteiger partial charge is 0.308 e. The van der Waals surface area contributed by atoms with E-state index in [0.29, 0.717) is 17.9 Å². The third kappa shape index (κ3) is 5.80. The second-order valence-electron chi connectivity index (χ2n) is 5.84. The zero-order valence-electron chi connectivity index (χ0n) is 15.7. The average molecular weight is 386 g/mol.